The number of benzene rings is 1. The molecule has 2 heteroatoms. The van der Waals surface area contributed by atoms with Gasteiger partial charge in [-0.1, -0.05) is 44.2 Å². The highest BCUT2D eigenvalue weighted by molar-refractivity contribution is 6.34. The van der Waals surface area contributed by atoms with E-state index in [4.69, 9.17) is 5.11 Å². The molecule has 1 aromatic carbocycles. The number of rotatable bonds is 3. The van der Waals surface area contributed by atoms with Crippen molar-refractivity contribution in [2.24, 2.45) is 0 Å². The van der Waals surface area contributed by atoms with Gasteiger partial charge < -0.3 is 5.11 Å². The Morgan fingerprint density at radius 2 is 1.62 bits per heavy atom. The maximum Gasteiger partial charge on any atom is 0.198 e. The van der Waals surface area contributed by atoms with Gasteiger partial charge in [-0.25, -0.2) is 0 Å². The largest absolute Gasteiger partial charge is 0.392 e. The normalized spacial score (nSPS) is 8.54. The summed E-state index contributed by atoms with van der Waals surface area (Å²) in [5, 5.41) is 11.4. The smallest absolute Gasteiger partial charge is 0.198 e. The fourth-order valence-electron chi connectivity index (χ4n) is 0.872. The van der Waals surface area contributed by atoms with Gasteiger partial charge in [0.1, 0.15) is 0 Å². The van der Waals surface area contributed by atoms with Crippen LogP contribution in [0.15, 0.2) is 30.3 Å². The number of hydrogen-bond acceptors (Lipinski definition) is 1. The SMILES string of the molecule is C[CH2][Al][CH2]C.OCc1ccccc1. The second-order valence-electron chi connectivity index (χ2n) is 2.75. The Morgan fingerprint density at radius 3 is 1.85 bits per heavy atom. The van der Waals surface area contributed by atoms with E-state index in [1.807, 2.05) is 30.3 Å². The molecule has 1 radical (unpaired) electrons. The van der Waals surface area contributed by atoms with Gasteiger partial charge in [-0.3, -0.25) is 0 Å². The summed E-state index contributed by atoms with van der Waals surface area (Å²) in [4.78, 5) is 0. The van der Waals surface area contributed by atoms with Gasteiger partial charge in [-0.05, 0) is 5.56 Å². The van der Waals surface area contributed by atoms with Crippen LogP contribution in [-0.2, 0) is 6.61 Å². The molecule has 1 N–H and O–H groups in total. The molecule has 0 aromatic heterocycles. The summed E-state index contributed by atoms with van der Waals surface area (Å²) in [7, 11) is 0. The zero-order valence-corrected chi connectivity index (χ0v) is 9.69. The van der Waals surface area contributed by atoms with Gasteiger partial charge in [0.25, 0.3) is 0 Å². The molecule has 1 rings (SSSR count). The molecule has 1 aromatic rings. The molecule has 0 bridgehead atoms. The van der Waals surface area contributed by atoms with Crippen LogP contribution < -0.4 is 0 Å². The first-order valence-corrected chi connectivity index (χ1v) is 6.44. The summed E-state index contributed by atoms with van der Waals surface area (Å²) in [6, 6.07) is 9.52. The molecular weight excluding hydrogens is 175 g/mol. The maximum atomic E-state index is 8.54. The molecule has 0 aliphatic rings. The number of aliphatic hydroxyl groups excluding tert-OH is 1. The van der Waals surface area contributed by atoms with E-state index in [-0.39, 0.29) is 6.61 Å². The van der Waals surface area contributed by atoms with E-state index in [2.05, 4.69) is 13.8 Å². The van der Waals surface area contributed by atoms with E-state index in [1.54, 1.807) is 0 Å². The lowest BCUT2D eigenvalue weighted by atomic mass is 10.2. The van der Waals surface area contributed by atoms with Gasteiger partial charge in [0.05, 0.1) is 6.61 Å². The van der Waals surface area contributed by atoms with Crippen molar-refractivity contribution in [1.82, 2.24) is 0 Å². The highest BCUT2D eigenvalue weighted by atomic mass is 27.1. The molecule has 0 saturated heterocycles. The van der Waals surface area contributed by atoms with E-state index in [9.17, 15) is 0 Å². The van der Waals surface area contributed by atoms with Crippen LogP contribution >= 0.6 is 0 Å². The highest BCUT2D eigenvalue weighted by Crippen LogP contribution is 1.95. The average Bonchev–Trinajstić information content (AvgIpc) is 2.21. The standard InChI is InChI=1S/C7H8O.2C2H5.Al/c8-6-7-4-2-1-3-5-7;2*1-2;/h1-5,8H,6H2;2*1H2,2H3;. The third kappa shape index (κ3) is 8.05. The zero-order valence-electron chi connectivity index (χ0n) is 8.53. The summed E-state index contributed by atoms with van der Waals surface area (Å²) >= 11 is 0.815. The quantitative estimate of drug-likeness (QED) is 0.732. The molecule has 0 saturated carbocycles. The predicted octanol–water partition coefficient (Wildman–Crippen LogP) is 2.75. The summed E-state index contributed by atoms with van der Waals surface area (Å²) in [6.45, 7) is 4.64. The Kier molecular flexibility index (Phi) is 9.58. The van der Waals surface area contributed by atoms with Crippen molar-refractivity contribution in [3.8, 4) is 0 Å². The minimum Gasteiger partial charge on any atom is -0.392 e. The molecule has 0 aliphatic heterocycles. The van der Waals surface area contributed by atoms with E-state index in [0.717, 1.165) is 20.8 Å². The van der Waals surface area contributed by atoms with Crippen LogP contribution in [0.25, 0.3) is 0 Å². The van der Waals surface area contributed by atoms with E-state index in [1.165, 1.54) is 10.6 Å². The highest BCUT2D eigenvalue weighted by Gasteiger charge is 1.81. The summed E-state index contributed by atoms with van der Waals surface area (Å²) in [5.41, 5.74) is 0.965. The van der Waals surface area contributed by atoms with Crippen LogP contribution in [0.1, 0.15) is 19.4 Å². The molecule has 71 valence electrons. The van der Waals surface area contributed by atoms with Gasteiger partial charge in [0.15, 0.2) is 15.2 Å². The van der Waals surface area contributed by atoms with Crippen LogP contribution in [0.4, 0.5) is 0 Å². The van der Waals surface area contributed by atoms with E-state index in [0.29, 0.717) is 0 Å². The summed E-state index contributed by atoms with van der Waals surface area (Å²) in [6.07, 6.45) is 0. The van der Waals surface area contributed by atoms with Gasteiger partial charge in [-0.2, -0.15) is 0 Å². The fourth-order valence-corrected chi connectivity index (χ4v) is 1.45. The monoisotopic (exact) mass is 193 g/mol. The van der Waals surface area contributed by atoms with Crippen molar-refractivity contribution >= 4 is 15.2 Å². The molecule has 0 aliphatic carbocycles. The number of aliphatic hydroxyl groups is 1. The molecule has 1 nitrogen and oxygen atoms in total. The third-order valence-electron chi connectivity index (χ3n) is 1.60. The zero-order chi connectivity index (χ0) is 9.94. The van der Waals surface area contributed by atoms with Gasteiger partial charge in [-0.15, -0.1) is 10.6 Å². The first-order chi connectivity index (χ1) is 6.35. The van der Waals surface area contributed by atoms with Gasteiger partial charge in [0, 0.05) is 0 Å². The van der Waals surface area contributed by atoms with Crippen molar-refractivity contribution in [2.75, 3.05) is 0 Å². The molecule has 0 heterocycles. The van der Waals surface area contributed by atoms with Crippen molar-refractivity contribution in [1.29, 1.82) is 0 Å². The molecule has 13 heavy (non-hydrogen) atoms. The summed E-state index contributed by atoms with van der Waals surface area (Å²) in [5.74, 6) is 0. The Morgan fingerprint density at radius 1 is 1.08 bits per heavy atom. The number of hydrogen-bond donors (Lipinski definition) is 1. The molecular formula is C11H18AlO. The molecule has 0 fully saturated rings. The lowest BCUT2D eigenvalue weighted by molar-refractivity contribution is 0.282. The van der Waals surface area contributed by atoms with Crippen LogP contribution in [-0.4, -0.2) is 20.3 Å². The van der Waals surface area contributed by atoms with Crippen LogP contribution in [0.2, 0.25) is 10.6 Å². The van der Waals surface area contributed by atoms with E-state index >= 15 is 0 Å². The van der Waals surface area contributed by atoms with E-state index < -0.39 is 0 Å². The van der Waals surface area contributed by atoms with Crippen molar-refractivity contribution in [2.45, 2.75) is 31.0 Å². The van der Waals surface area contributed by atoms with Crippen molar-refractivity contribution < 1.29 is 5.11 Å². The topological polar surface area (TPSA) is 20.2 Å². The molecule has 0 amide bonds. The third-order valence-corrected chi connectivity index (χ3v) is 2.76. The minimum atomic E-state index is 0.140. The lowest BCUT2D eigenvalue weighted by Crippen LogP contribution is -1.77. The fraction of sp³-hybridized carbons (Fsp3) is 0.455. The Bertz CT molecular complexity index is 185. The Labute approximate surface area is 87.5 Å². The maximum absolute atomic E-state index is 8.54. The average molecular weight is 193 g/mol. The van der Waals surface area contributed by atoms with Crippen LogP contribution in [0, 0.1) is 0 Å². The predicted molar refractivity (Wildman–Crippen MR) is 59.1 cm³/mol. The van der Waals surface area contributed by atoms with Crippen molar-refractivity contribution in [3.05, 3.63) is 35.9 Å². The second-order valence-corrected chi connectivity index (χ2v) is 4.96. The van der Waals surface area contributed by atoms with Crippen LogP contribution in [0.5, 0.6) is 0 Å². The van der Waals surface area contributed by atoms with Crippen molar-refractivity contribution in [3.63, 3.8) is 0 Å². The Hall–Kier alpha value is -0.288. The van der Waals surface area contributed by atoms with Crippen LogP contribution in [0.3, 0.4) is 0 Å². The molecule has 0 unspecified atom stereocenters. The Balaban J connectivity index is 0.000000252. The second kappa shape index (κ2) is 9.80. The van der Waals surface area contributed by atoms with Gasteiger partial charge >= 0.3 is 0 Å². The first kappa shape index (κ1) is 12.7. The first-order valence-electron chi connectivity index (χ1n) is 4.81. The molecule has 0 spiro atoms. The minimum absolute atomic E-state index is 0.140. The summed E-state index contributed by atoms with van der Waals surface area (Å²) < 4.78 is 0. The lowest BCUT2D eigenvalue weighted by Gasteiger charge is -1.89. The van der Waals surface area contributed by atoms with Gasteiger partial charge in [0.2, 0.25) is 0 Å². The molecule has 0 atom stereocenters.